The summed E-state index contributed by atoms with van der Waals surface area (Å²) in [6.07, 6.45) is 7.07. The molecule has 2 fully saturated rings. The standard InChI is InChI=1S/C11H21N/c1-10(2,3)11-7-4-5-9(12-11)6-8-11/h9,12H,4-8H2,1-3H3. The lowest BCUT2D eigenvalue weighted by molar-refractivity contribution is 0.120. The summed E-state index contributed by atoms with van der Waals surface area (Å²) in [6.45, 7) is 7.15. The highest BCUT2D eigenvalue weighted by Crippen LogP contribution is 2.46. The van der Waals surface area contributed by atoms with Crippen LogP contribution in [0, 0.1) is 5.41 Å². The van der Waals surface area contributed by atoms with E-state index in [1.807, 2.05) is 0 Å². The second-order valence-corrected chi connectivity index (χ2v) is 5.60. The molecule has 2 aliphatic rings. The van der Waals surface area contributed by atoms with Gasteiger partial charge in [0.25, 0.3) is 0 Å². The van der Waals surface area contributed by atoms with E-state index >= 15 is 0 Å². The van der Waals surface area contributed by atoms with Gasteiger partial charge in [0.05, 0.1) is 0 Å². The predicted octanol–water partition coefficient (Wildman–Crippen LogP) is 2.71. The second kappa shape index (κ2) is 2.47. The maximum absolute atomic E-state index is 3.84. The van der Waals surface area contributed by atoms with Gasteiger partial charge in [-0.25, -0.2) is 0 Å². The molecule has 2 heterocycles. The highest BCUT2D eigenvalue weighted by atomic mass is 15.1. The first-order valence-corrected chi connectivity index (χ1v) is 5.31. The minimum atomic E-state index is 0.447. The molecule has 70 valence electrons. The molecular weight excluding hydrogens is 146 g/mol. The molecule has 0 radical (unpaired) electrons. The van der Waals surface area contributed by atoms with E-state index in [1.165, 1.54) is 32.1 Å². The summed E-state index contributed by atoms with van der Waals surface area (Å²) in [7, 11) is 0. The smallest absolute Gasteiger partial charge is 0.0233 e. The van der Waals surface area contributed by atoms with E-state index in [1.54, 1.807) is 0 Å². The van der Waals surface area contributed by atoms with Crippen molar-refractivity contribution >= 4 is 0 Å². The molecule has 0 aromatic rings. The summed E-state index contributed by atoms with van der Waals surface area (Å²) in [5.74, 6) is 0. The molecule has 2 aliphatic heterocycles. The number of hydrogen-bond donors (Lipinski definition) is 1. The number of piperidine rings is 1. The maximum Gasteiger partial charge on any atom is 0.0233 e. The van der Waals surface area contributed by atoms with Crippen LogP contribution in [0.3, 0.4) is 0 Å². The highest BCUT2D eigenvalue weighted by molar-refractivity contribution is 5.07. The van der Waals surface area contributed by atoms with Crippen molar-refractivity contribution in [3.05, 3.63) is 0 Å². The Labute approximate surface area is 75.9 Å². The van der Waals surface area contributed by atoms with Crippen molar-refractivity contribution in [3.8, 4) is 0 Å². The Hall–Kier alpha value is -0.0400. The Kier molecular flexibility index (Phi) is 1.76. The van der Waals surface area contributed by atoms with E-state index in [0.717, 1.165) is 6.04 Å². The normalized spacial score (nSPS) is 41.8. The van der Waals surface area contributed by atoms with Crippen molar-refractivity contribution < 1.29 is 0 Å². The molecule has 0 amide bonds. The first-order chi connectivity index (χ1) is 5.54. The Morgan fingerprint density at radius 3 is 2.50 bits per heavy atom. The van der Waals surface area contributed by atoms with E-state index < -0.39 is 0 Å². The Morgan fingerprint density at radius 1 is 1.17 bits per heavy atom. The summed E-state index contributed by atoms with van der Waals surface area (Å²) in [6, 6.07) is 0.845. The van der Waals surface area contributed by atoms with Crippen molar-refractivity contribution in [3.63, 3.8) is 0 Å². The number of fused-ring (bicyclic) bond motifs is 2. The fourth-order valence-electron chi connectivity index (χ4n) is 2.99. The molecule has 0 spiro atoms. The monoisotopic (exact) mass is 167 g/mol. The van der Waals surface area contributed by atoms with Gasteiger partial charge in [0.15, 0.2) is 0 Å². The van der Waals surface area contributed by atoms with Gasteiger partial charge in [-0.15, -0.1) is 0 Å². The Bertz CT molecular complexity index is 176. The second-order valence-electron chi connectivity index (χ2n) is 5.60. The molecule has 0 aromatic heterocycles. The van der Waals surface area contributed by atoms with Gasteiger partial charge >= 0.3 is 0 Å². The minimum Gasteiger partial charge on any atom is -0.308 e. The van der Waals surface area contributed by atoms with Gasteiger partial charge in [-0.2, -0.15) is 0 Å². The summed E-state index contributed by atoms with van der Waals surface area (Å²) >= 11 is 0. The van der Waals surface area contributed by atoms with Crippen molar-refractivity contribution in [2.24, 2.45) is 5.41 Å². The topological polar surface area (TPSA) is 12.0 Å². The fraction of sp³-hybridized carbons (Fsp3) is 1.00. The van der Waals surface area contributed by atoms with Crippen molar-refractivity contribution in [1.29, 1.82) is 0 Å². The molecule has 2 bridgehead atoms. The summed E-state index contributed by atoms with van der Waals surface area (Å²) in [5.41, 5.74) is 0.929. The number of rotatable bonds is 0. The SMILES string of the molecule is CC(C)(C)C12CCCC(CC1)N2. The quantitative estimate of drug-likeness (QED) is 0.585. The van der Waals surface area contributed by atoms with Crippen LogP contribution in [-0.4, -0.2) is 11.6 Å². The lowest BCUT2D eigenvalue weighted by Gasteiger charge is -2.45. The van der Waals surface area contributed by atoms with E-state index in [0.29, 0.717) is 11.0 Å². The van der Waals surface area contributed by atoms with Gasteiger partial charge in [0.2, 0.25) is 0 Å². The number of hydrogen-bond acceptors (Lipinski definition) is 1. The fourth-order valence-corrected chi connectivity index (χ4v) is 2.99. The van der Waals surface area contributed by atoms with Crippen LogP contribution in [-0.2, 0) is 0 Å². The summed E-state index contributed by atoms with van der Waals surface area (Å²) in [4.78, 5) is 0. The first kappa shape index (κ1) is 8.55. The van der Waals surface area contributed by atoms with Crippen LogP contribution >= 0.6 is 0 Å². The first-order valence-electron chi connectivity index (χ1n) is 5.31. The molecule has 0 aliphatic carbocycles. The molecule has 1 N–H and O–H groups in total. The van der Waals surface area contributed by atoms with Crippen molar-refractivity contribution in [2.45, 2.75) is 64.5 Å². The molecule has 2 unspecified atom stereocenters. The van der Waals surface area contributed by atoms with E-state index in [4.69, 9.17) is 0 Å². The van der Waals surface area contributed by atoms with Gasteiger partial charge < -0.3 is 5.32 Å². The van der Waals surface area contributed by atoms with Crippen LogP contribution in [0.15, 0.2) is 0 Å². The molecular formula is C11H21N. The third kappa shape index (κ3) is 1.10. The minimum absolute atomic E-state index is 0.447. The summed E-state index contributed by atoms with van der Waals surface area (Å²) < 4.78 is 0. The summed E-state index contributed by atoms with van der Waals surface area (Å²) in [5, 5.41) is 3.84. The Morgan fingerprint density at radius 2 is 1.92 bits per heavy atom. The molecule has 12 heavy (non-hydrogen) atoms. The lowest BCUT2D eigenvalue weighted by atomic mass is 9.70. The van der Waals surface area contributed by atoms with Crippen LogP contribution in [0.5, 0.6) is 0 Å². The zero-order valence-electron chi connectivity index (χ0n) is 8.61. The molecule has 2 rings (SSSR count). The molecule has 0 aromatic carbocycles. The zero-order chi connectivity index (χ0) is 8.82. The largest absolute Gasteiger partial charge is 0.308 e. The third-order valence-electron chi connectivity index (χ3n) is 3.99. The Balaban J connectivity index is 2.21. The number of nitrogens with one attached hydrogen (secondary N) is 1. The van der Waals surface area contributed by atoms with Crippen LogP contribution < -0.4 is 5.32 Å². The molecule has 1 heteroatoms. The molecule has 1 nitrogen and oxygen atoms in total. The van der Waals surface area contributed by atoms with Gasteiger partial charge in [-0.3, -0.25) is 0 Å². The molecule has 0 saturated carbocycles. The average Bonchev–Trinajstić information content (AvgIpc) is 2.27. The molecule has 2 atom stereocenters. The van der Waals surface area contributed by atoms with E-state index in [-0.39, 0.29) is 0 Å². The average molecular weight is 167 g/mol. The highest BCUT2D eigenvalue weighted by Gasteiger charge is 2.48. The maximum atomic E-state index is 3.84. The van der Waals surface area contributed by atoms with E-state index in [9.17, 15) is 0 Å². The predicted molar refractivity (Wildman–Crippen MR) is 52.2 cm³/mol. The third-order valence-corrected chi connectivity index (χ3v) is 3.99. The van der Waals surface area contributed by atoms with Crippen LogP contribution in [0.1, 0.15) is 52.9 Å². The van der Waals surface area contributed by atoms with E-state index in [2.05, 4.69) is 26.1 Å². The molecule has 2 saturated heterocycles. The van der Waals surface area contributed by atoms with Gasteiger partial charge in [0.1, 0.15) is 0 Å². The van der Waals surface area contributed by atoms with Gasteiger partial charge in [0, 0.05) is 11.6 Å². The van der Waals surface area contributed by atoms with Gasteiger partial charge in [-0.05, 0) is 31.1 Å². The zero-order valence-corrected chi connectivity index (χ0v) is 8.61. The lowest BCUT2D eigenvalue weighted by Crippen LogP contribution is -2.55. The van der Waals surface area contributed by atoms with Crippen LogP contribution in [0.4, 0.5) is 0 Å². The van der Waals surface area contributed by atoms with Crippen molar-refractivity contribution in [1.82, 2.24) is 5.32 Å². The van der Waals surface area contributed by atoms with Crippen LogP contribution in [0.25, 0.3) is 0 Å². The van der Waals surface area contributed by atoms with Crippen molar-refractivity contribution in [2.75, 3.05) is 0 Å². The van der Waals surface area contributed by atoms with Gasteiger partial charge in [-0.1, -0.05) is 27.2 Å². The van der Waals surface area contributed by atoms with Crippen LogP contribution in [0.2, 0.25) is 0 Å².